The molecular formula is C74H126O6. The largest absolute Gasteiger partial charge is 0.462 e. The molecular weight excluding hydrogens is 985 g/mol. The van der Waals surface area contributed by atoms with Gasteiger partial charge < -0.3 is 14.2 Å². The zero-order chi connectivity index (χ0) is 57.8. The quantitative estimate of drug-likeness (QED) is 0.0261. The Morgan fingerprint density at radius 3 is 0.825 bits per heavy atom. The lowest BCUT2D eigenvalue weighted by Crippen LogP contribution is -2.30. The van der Waals surface area contributed by atoms with Crippen LogP contribution in [0.1, 0.15) is 323 Å². The number of esters is 3. The third kappa shape index (κ3) is 64.9. The maximum absolute atomic E-state index is 12.9. The van der Waals surface area contributed by atoms with Crippen molar-refractivity contribution < 1.29 is 28.6 Å². The van der Waals surface area contributed by atoms with E-state index in [0.29, 0.717) is 19.3 Å². The lowest BCUT2D eigenvalue weighted by molar-refractivity contribution is -0.167. The number of carbonyl (C=O) groups excluding carboxylic acids is 3. The van der Waals surface area contributed by atoms with E-state index >= 15 is 0 Å². The number of hydrogen-bond donors (Lipinski definition) is 0. The lowest BCUT2D eigenvalue weighted by atomic mass is 10.0. The van der Waals surface area contributed by atoms with Gasteiger partial charge in [0.25, 0.3) is 0 Å². The Balaban J connectivity index is 4.20. The summed E-state index contributed by atoms with van der Waals surface area (Å²) in [5.41, 5.74) is 0. The Hall–Kier alpha value is -3.93. The molecule has 80 heavy (non-hydrogen) atoms. The summed E-state index contributed by atoms with van der Waals surface area (Å²) in [4.78, 5) is 38.3. The monoisotopic (exact) mass is 1110 g/mol. The average molecular weight is 1110 g/mol. The predicted octanol–water partition coefficient (Wildman–Crippen LogP) is 23.4. The molecule has 0 aliphatic rings. The van der Waals surface area contributed by atoms with Gasteiger partial charge in [-0.2, -0.15) is 0 Å². The molecule has 0 bridgehead atoms. The molecule has 0 aliphatic heterocycles. The van der Waals surface area contributed by atoms with E-state index in [9.17, 15) is 14.4 Å². The molecule has 0 aromatic heterocycles. The summed E-state index contributed by atoms with van der Waals surface area (Å²) in [5.74, 6) is -0.947. The van der Waals surface area contributed by atoms with Crippen LogP contribution in [0.2, 0.25) is 0 Å². The number of rotatable bonds is 61. The third-order valence-corrected chi connectivity index (χ3v) is 14.5. The number of allylic oxidation sites excluding steroid dienone is 18. The molecule has 6 heteroatoms. The summed E-state index contributed by atoms with van der Waals surface area (Å²) in [7, 11) is 0. The van der Waals surface area contributed by atoms with Crippen LogP contribution in [-0.4, -0.2) is 37.2 Å². The molecule has 0 N–H and O–H groups in total. The van der Waals surface area contributed by atoms with Crippen molar-refractivity contribution in [2.45, 2.75) is 329 Å². The molecule has 0 saturated carbocycles. The fourth-order valence-electron chi connectivity index (χ4n) is 9.40. The number of carbonyl (C=O) groups is 3. The van der Waals surface area contributed by atoms with E-state index in [4.69, 9.17) is 14.2 Å². The van der Waals surface area contributed by atoms with E-state index in [1.165, 1.54) is 161 Å². The molecule has 0 aliphatic carbocycles. The second-order valence-corrected chi connectivity index (χ2v) is 22.3. The summed E-state index contributed by atoms with van der Waals surface area (Å²) in [6.45, 7) is 6.45. The van der Waals surface area contributed by atoms with Crippen LogP contribution in [0.25, 0.3) is 0 Å². The van der Waals surface area contributed by atoms with Crippen LogP contribution in [-0.2, 0) is 28.6 Å². The summed E-state index contributed by atoms with van der Waals surface area (Å²) in [6.07, 6.45) is 92.7. The summed E-state index contributed by atoms with van der Waals surface area (Å²) < 4.78 is 16.9. The van der Waals surface area contributed by atoms with Crippen LogP contribution in [0.5, 0.6) is 0 Å². The minimum Gasteiger partial charge on any atom is -0.462 e. The molecule has 1 unspecified atom stereocenters. The van der Waals surface area contributed by atoms with Gasteiger partial charge >= 0.3 is 17.9 Å². The molecule has 458 valence electrons. The molecule has 0 heterocycles. The van der Waals surface area contributed by atoms with Crippen molar-refractivity contribution in [1.29, 1.82) is 0 Å². The minimum atomic E-state index is -0.807. The molecule has 0 aromatic rings. The van der Waals surface area contributed by atoms with Gasteiger partial charge in [-0.1, -0.05) is 291 Å². The Labute approximate surface area is 495 Å². The fourth-order valence-corrected chi connectivity index (χ4v) is 9.40. The van der Waals surface area contributed by atoms with Crippen LogP contribution in [0, 0.1) is 0 Å². The van der Waals surface area contributed by atoms with Crippen molar-refractivity contribution in [2.75, 3.05) is 13.2 Å². The highest BCUT2D eigenvalue weighted by molar-refractivity contribution is 5.71. The van der Waals surface area contributed by atoms with Gasteiger partial charge in [0.1, 0.15) is 13.2 Å². The van der Waals surface area contributed by atoms with Crippen molar-refractivity contribution in [3.63, 3.8) is 0 Å². The molecule has 0 aromatic carbocycles. The van der Waals surface area contributed by atoms with Crippen LogP contribution < -0.4 is 0 Å². The SMILES string of the molecule is CC/C=C\C/C=C\C/C=C\C/C=C\CCCCC(=O)OC(COC(=O)CCCCCCC/C=C\C/C=C\CCCC)COC(=O)CCCCCCCCCCCCCCCCCCCC/C=C\C/C=C\C/C=C\CCCCCCC. The van der Waals surface area contributed by atoms with Gasteiger partial charge in [0.05, 0.1) is 0 Å². The van der Waals surface area contributed by atoms with Crippen LogP contribution in [0.3, 0.4) is 0 Å². The second-order valence-electron chi connectivity index (χ2n) is 22.3. The fraction of sp³-hybridized carbons (Fsp3) is 0.716. The van der Waals surface area contributed by atoms with Gasteiger partial charge in [-0.25, -0.2) is 0 Å². The van der Waals surface area contributed by atoms with Crippen molar-refractivity contribution in [3.8, 4) is 0 Å². The van der Waals surface area contributed by atoms with Crippen LogP contribution in [0.4, 0.5) is 0 Å². The first-order valence-corrected chi connectivity index (χ1v) is 33.9. The van der Waals surface area contributed by atoms with Gasteiger partial charge in [0.2, 0.25) is 0 Å². The molecule has 6 nitrogen and oxygen atoms in total. The summed E-state index contributed by atoms with van der Waals surface area (Å²) >= 11 is 0. The van der Waals surface area contributed by atoms with Crippen molar-refractivity contribution in [1.82, 2.24) is 0 Å². The van der Waals surface area contributed by atoms with E-state index in [0.717, 1.165) is 116 Å². The molecule has 0 amide bonds. The first-order valence-electron chi connectivity index (χ1n) is 33.9. The van der Waals surface area contributed by atoms with Crippen molar-refractivity contribution in [2.24, 2.45) is 0 Å². The van der Waals surface area contributed by atoms with E-state index in [2.05, 4.69) is 130 Å². The van der Waals surface area contributed by atoms with Crippen molar-refractivity contribution in [3.05, 3.63) is 109 Å². The normalized spacial score (nSPS) is 12.8. The minimum absolute atomic E-state index is 0.0983. The smallest absolute Gasteiger partial charge is 0.306 e. The van der Waals surface area contributed by atoms with E-state index < -0.39 is 6.10 Å². The van der Waals surface area contributed by atoms with Gasteiger partial charge in [0, 0.05) is 19.3 Å². The summed E-state index contributed by atoms with van der Waals surface area (Å²) in [5, 5.41) is 0. The lowest BCUT2D eigenvalue weighted by Gasteiger charge is -2.18. The van der Waals surface area contributed by atoms with Crippen LogP contribution in [0.15, 0.2) is 109 Å². The van der Waals surface area contributed by atoms with E-state index in [-0.39, 0.29) is 37.5 Å². The first kappa shape index (κ1) is 76.1. The second kappa shape index (κ2) is 67.6. The number of ether oxygens (including phenoxy) is 3. The van der Waals surface area contributed by atoms with Crippen molar-refractivity contribution >= 4 is 17.9 Å². The highest BCUT2D eigenvalue weighted by Gasteiger charge is 2.19. The molecule has 0 saturated heterocycles. The molecule has 1 atom stereocenters. The summed E-state index contributed by atoms with van der Waals surface area (Å²) in [6, 6.07) is 0. The van der Waals surface area contributed by atoms with Gasteiger partial charge in [-0.3, -0.25) is 14.4 Å². The van der Waals surface area contributed by atoms with Gasteiger partial charge in [-0.05, 0) is 122 Å². The average Bonchev–Trinajstić information content (AvgIpc) is 3.46. The Kier molecular flexibility index (Phi) is 64.3. The Morgan fingerprint density at radius 2 is 0.500 bits per heavy atom. The third-order valence-electron chi connectivity index (χ3n) is 14.5. The first-order chi connectivity index (χ1) is 39.5. The standard InChI is InChI=1S/C74H126O6/c1-4-7-10-13-16-19-22-25-28-29-30-31-32-33-34-35-36-37-38-39-40-41-42-43-44-45-47-49-52-55-58-61-64-67-73(76)79-70-71(69-78-72(75)66-63-60-57-54-51-48-27-24-21-18-15-12-9-6-3)80-74(77)68-65-62-59-56-53-50-46-26-23-20-17-14-11-8-5-2/h8,11,15,17-18,20,22,24-27,29-30,32-33,46,53,56,71H,4-7,9-10,12-14,16,19,21,23,28,31,34-45,47-52,54-55,57-70H2,1-3H3/b11-8-,18-15-,20-17-,25-22-,27-24-,30-29-,33-32-,46-26-,56-53-. The Bertz CT molecular complexity index is 1610. The number of unbranched alkanes of at least 4 members (excludes halogenated alkanes) is 32. The molecule has 0 radical (unpaired) electrons. The molecule has 0 rings (SSSR count). The van der Waals surface area contributed by atoms with E-state index in [1.54, 1.807) is 0 Å². The maximum atomic E-state index is 12.9. The highest BCUT2D eigenvalue weighted by Crippen LogP contribution is 2.17. The highest BCUT2D eigenvalue weighted by atomic mass is 16.6. The number of hydrogen-bond acceptors (Lipinski definition) is 6. The van der Waals surface area contributed by atoms with Gasteiger partial charge in [-0.15, -0.1) is 0 Å². The zero-order valence-electron chi connectivity index (χ0n) is 52.6. The van der Waals surface area contributed by atoms with Crippen LogP contribution >= 0.6 is 0 Å². The topological polar surface area (TPSA) is 78.9 Å². The Morgan fingerprint density at radius 1 is 0.263 bits per heavy atom. The zero-order valence-corrected chi connectivity index (χ0v) is 52.6. The van der Waals surface area contributed by atoms with Gasteiger partial charge in [0.15, 0.2) is 6.10 Å². The molecule has 0 spiro atoms. The molecule has 0 fully saturated rings. The predicted molar refractivity (Wildman–Crippen MR) is 348 cm³/mol. The van der Waals surface area contributed by atoms with E-state index in [1.807, 2.05) is 0 Å². The maximum Gasteiger partial charge on any atom is 0.306 e.